The van der Waals surface area contributed by atoms with E-state index in [2.05, 4.69) is 0 Å². The molecule has 6 nitrogen and oxygen atoms in total. The largest absolute Gasteiger partial charge is 0.465 e. The fraction of sp³-hybridized carbons (Fsp3) is 0.292. The third kappa shape index (κ3) is 4.94. The van der Waals surface area contributed by atoms with Gasteiger partial charge in [0, 0.05) is 36.3 Å². The average molecular weight is 438 g/mol. The van der Waals surface area contributed by atoms with Gasteiger partial charge in [-0.25, -0.2) is 9.78 Å². The topological polar surface area (TPSA) is 73.7 Å². The number of aromatic nitrogens is 1. The summed E-state index contributed by atoms with van der Waals surface area (Å²) in [5, 5.41) is 12.2. The number of carbonyl (C=O) groups excluding carboxylic acids is 1. The van der Waals surface area contributed by atoms with Gasteiger partial charge in [-0.05, 0) is 29.7 Å². The fourth-order valence-corrected chi connectivity index (χ4v) is 4.86. The van der Waals surface area contributed by atoms with Crippen LogP contribution >= 0.6 is 11.3 Å². The van der Waals surface area contributed by atoms with Gasteiger partial charge in [0.25, 0.3) is 0 Å². The summed E-state index contributed by atoms with van der Waals surface area (Å²) in [6, 6.07) is 16.8. The van der Waals surface area contributed by atoms with E-state index in [9.17, 15) is 14.7 Å². The fourth-order valence-electron chi connectivity index (χ4n) is 3.64. The second-order valence-electron chi connectivity index (χ2n) is 8.47. The Balaban J connectivity index is 1.91. The number of thiazole rings is 1. The predicted molar refractivity (Wildman–Crippen MR) is 125 cm³/mol. The highest BCUT2D eigenvalue weighted by atomic mass is 32.1. The van der Waals surface area contributed by atoms with Gasteiger partial charge in [-0.3, -0.25) is 9.69 Å². The van der Waals surface area contributed by atoms with Crippen LogP contribution in [0.4, 0.5) is 16.2 Å². The first kappa shape index (κ1) is 22.5. The van der Waals surface area contributed by atoms with Crippen molar-refractivity contribution >= 4 is 34.7 Å². The lowest BCUT2D eigenvalue weighted by Crippen LogP contribution is -2.37. The third-order valence-corrected chi connectivity index (χ3v) is 5.91. The number of amides is 2. The first-order valence-corrected chi connectivity index (χ1v) is 10.8. The number of hydrogen-bond acceptors (Lipinski definition) is 4. The molecule has 1 aromatic heterocycles. The Hall–Kier alpha value is -3.19. The lowest BCUT2D eigenvalue weighted by Gasteiger charge is -2.34. The average Bonchev–Trinajstić information content (AvgIpc) is 3.17. The van der Waals surface area contributed by atoms with Gasteiger partial charge in [-0.2, -0.15) is 0 Å². The molecule has 0 fully saturated rings. The molecule has 31 heavy (non-hydrogen) atoms. The molecule has 0 radical (unpaired) electrons. The van der Waals surface area contributed by atoms with Gasteiger partial charge in [-0.15, -0.1) is 11.3 Å². The van der Waals surface area contributed by atoms with Crippen LogP contribution in [0, 0.1) is 5.41 Å². The van der Waals surface area contributed by atoms with Crippen molar-refractivity contribution < 1.29 is 14.7 Å². The highest BCUT2D eigenvalue weighted by Crippen LogP contribution is 2.40. The molecule has 1 atom stereocenters. The SMILES string of the molecule is CC(=O)N(c1ccccc1)c1ccc(-c2csc(C(N(C)C(=O)O)C(C)(C)C)n2)cc1. The molecule has 162 valence electrons. The zero-order valence-corrected chi connectivity index (χ0v) is 19.2. The predicted octanol–water partition coefficient (Wildman–Crippen LogP) is 6.19. The summed E-state index contributed by atoms with van der Waals surface area (Å²) in [6.07, 6.45) is -0.980. The maximum absolute atomic E-state index is 12.3. The van der Waals surface area contributed by atoms with Crippen molar-refractivity contribution in [1.29, 1.82) is 0 Å². The molecular weight excluding hydrogens is 410 g/mol. The van der Waals surface area contributed by atoms with Crippen molar-refractivity contribution in [2.75, 3.05) is 11.9 Å². The zero-order valence-electron chi connectivity index (χ0n) is 18.4. The summed E-state index contributed by atoms with van der Waals surface area (Å²) in [7, 11) is 1.58. The smallest absolute Gasteiger partial charge is 0.407 e. The van der Waals surface area contributed by atoms with Crippen LogP contribution < -0.4 is 4.90 Å². The van der Waals surface area contributed by atoms with Crippen molar-refractivity contribution in [2.45, 2.75) is 33.7 Å². The number of benzene rings is 2. The second kappa shape index (κ2) is 8.89. The van der Waals surface area contributed by atoms with Crippen molar-refractivity contribution in [3.05, 3.63) is 65.0 Å². The van der Waals surface area contributed by atoms with Gasteiger partial charge in [0.05, 0.1) is 11.7 Å². The Kier molecular flexibility index (Phi) is 6.45. The van der Waals surface area contributed by atoms with Gasteiger partial charge >= 0.3 is 6.09 Å². The van der Waals surface area contributed by atoms with Gasteiger partial charge in [0.15, 0.2) is 0 Å². The molecule has 0 aliphatic carbocycles. The Bertz CT molecular complexity index is 1060. The van der Waals surface area contributed by atoms with E-state index in [1.165, 1.54) is 16.2 Å². The summed E-state index contributed by atoms with van der Waals surface area (Å²) in [5.41, 5.74) is 2.98. The summed E-state index contributed by atoms with van der Waals surface area (Å²) in [5.74, 6) is -0.0698. The molecule has 1 unspecified atom stereocenters. The number of nitrogens with zero attached hydrogens (tertiary/aromatic N) is 3. The van der Waals surface area contributed by atoms with Crippen LogP contribution in [0.2, 0.25) is 0 Å². The molecule has 0 aliphatic rings. The Morgan fingerprint density at radius 3 is 2.10 bits per heavy atom. The highest BCUT2D eigenvalue weighted by molar-refractivity contribution is 7.10. The minimum atomic E-state index is -0.980. The Morgan fingerprint density at radius 1 is 1.00 bits per heavy atom. The van der Waals surface area contributed by atoms with Crippen LogP contribution in [-0.2, 0) is 4.79 Å². The van der Waals surface area contributed by atoms with E-state index in [1.807, 2.05) is 80.7 Å². The summed E-state index contributed by atoms with van der Waals surface area (Å²) in [6.45, 7) is 7.56. The van der Waals surface area contributed by atoms with Crippen molar-refractivity contribution in [3.63, 3.8) is 0 Å². The van der Waals surface area contributed by atoms with E-state index < -0.39 is 6.09 Å². The van der Waals surface area contributed by atoms with E-state index in [0.29, 0.717) is 0 Å². The van der Waals surface area contributed by atoms with Gasteiger partial charge in [-0.1, -0.05) is 51.1 Å². The molecular formula is C24H27N3O3S. The molecule has 7 heteroatoms. The zero-order chi connectivity index (χ0) is 22.8. The molecule has 1 N–H and O–H groups in total. The number of carbonyl (C=O) groups is 2. The van der Waals surface area contributed by atoms with Crippen LogP contribution in [0.15, 0.2) is 60.0 Å². The van der Waals surface area contributed by atoms with Crippen LogP contribution in [0.5, 0.6) is 0 Å². The number of hydrogen-bond donors (Lipinski definition) is 1. The number of anilines is 2. The second-order valence-corrected chi connectivity index (χ2v) is 9.36. The maximum Gasteiger partial charge on any atom is 0.407 e. The van der Waals surface area contributed by atoms with Gasteiger partial charge in [0.1, 0.15) is 5.01 Å². The number of para-hydroxylation sites is 1. The van der Waals surface area contributed by atoms with E-state index in [4.69, 9.17) is 4.98 Å². The number of carboxylic acid groups (broad SMARTS) is 1. The minimum absolute atomic E-state index is 0.0698. The Morgan fingerprint density at radius 2 is 1.58 bits per heavy atom. The molecule has 0 saturated carbocycles. The molecule has 0 aliphatic heterocycles. The van der Waals surface area contributed by atoms with Crippen LogP contribution in [0.25, 0.3) is 11.3 Å². The summed E-state index contributed by atoms with van der Waals surface area (Å²) in [4.78, 5) is 31.6. The van der Waals surface area contributed by atoms with E-state index >= 15 is 0 Å². The lowest BCUT2D eigenvalue weighted by molar-refractivity contribution is -0.115. The standard InChI is InChI=1S/C24H27N3O3S/c1-16(28)27(18-9-7-6-8-10-18)19-13-11-17(12-14-19)20-15-31-22(25-20)21(24(2,3)4)26(5)23(29)30/h6-15,21H,1-5H3,(H,29,30). The first-order valence-electron chi connectivity index (χ1n) is 9.97. The number of rotatable bonds is 5. The van der Waals surface area contributed by atoms with E-state index in [1.54, 1.807) is 18.9 Å². The molecule has 3 aromatic rings. The highest BCUT2D eigenvalue weighted by Gasteiger charge is 2.35. The lowest BCUT2D eigenvalue weighted by atomic mass is 9.86. The monoisotopic (exact) mass is 437 g/mol. The van der Waals surface area contributed by atoms with Crippen molar-refractivity contribution in [1.82, 2.24) is 9.88 Å². The third-order valence-electron chi connectivity index (χ3n) is 5.02. The van der Waals surface area contributed by atoms with Crippen molar-refractivity contribution in [2.24, 2.45) is 5.41 Å². The molecule has 2 aromatic carbocycles. The van der Waals surface area contributed by atoms with E-state index in [0.717, 1.165) is 27.6 Å². The molecule has 3 rings (SSSR count). The van der Waals surface area contributed by atoms with Crippen LogP contribution in [0.3, 0.4) is 0 Å². The molecule has 0 bridgehead atoms. The quantitative estimate of drug-likeness (QED) is 0.516. The van der Waals surface area contributed by atoms with Crippen molar-refractivity contribution in [3.8, 4) is 11.3 Å². The summed E-state index contributed by atoms with van der Waals surface area (Å²) >= 11 is 1.46. The van der Waals surface area contributed by atoms with Crippen LogP contribution in [0.1, 0.15) is 38.7 Å². The normalized spacial score (nSPS) is 12.3. The van der Waals surface area contributed by atoms with Gasteiger partial charge < -0.3 is 10.0 Å². The summed E-state index contributed by atoms with van der Waals surface area (Å²) < 4.78 is 0. The minimum Gasteiger partial charge on any atom is -0.465 e. The van der Waals surface area contributed by atoms with Gasteiger partial charge in [0.2, 0.25) is 5.91 Å². The Labute approximate surface area is 186 Å². The van der Waals surface area contributed by atoms with E-state index in [-0.39, 0.29) is 17.4 Å². The van der Waals surface area contributed by atoms with Crippen LogP contribution in [-0.4, -0.2) is 34.0 Å². The molecule has 1 heterocycles. The molecule has 0 saturated heterocycles. The molecule has 0 spiro atoms. The maximum atomic E-state index is 12.3. The first-order chi connectivity index (χ1) is 14.6. The molecule has 2 amide bonds.